The molecule has 5 rings (SSSR count). The summed E-state index contributed by atoms with van der Waals surface area (Å²) in [5.41, 5.74) is 3.50. The molecule has 8 heteroatoms. The minimum Gasteiger partial charge on any atom is -0.364 e. The highest BCUT2D eigenvalue weighted by Gasteiger charge is 2.40. The predicted molar refractivity (Wildman–Crippen MR) is 102 cm³/mol. The van der Waals surface area contributed by atoms with E-state index in [1.54, 1.807) is 16.9 Å². The van der Waals surface area contributed by atoms with Crippen molar-refractivity contribution in [2.45, 2.75) is 44.7 Å². The van der Waals surface area contributed by atoms with E-state index in [9.17, 15) is 4.79 Å². The Morgan fingerprint density at radius 2 is 1.93 bits per heavy atom. The maximum Gasteiger partial charge on any atom is 0.222 e. The van der Waals surface area contributed by atoms with Gasteiger partial charge in [0.05, 0.1) is 17.4 Å². The molecule has 2 saturated heterocycles. The maximum absolute atomic E-state index is 11.3. The number of carbonyl (C=O) groups excluding carboxylic acids is 1. The first kappa shape index (κ1) is 16.2. The summed E-state index contributed by atoms with van der Waals surface area (Å²) < 4.78 is 1.69. The number of amides is 1. The molecule has 0 unspecified atom stereocenters. The molecule has 27 heavy (non-hydrogen) atoms. The van der Waals surface area contributed by atoms with E-state index in [0.29, 0.717) is 17.9 Å². The smallest absolute Gasteiger partial charge is 0.222 e. The van der Waals surface area contributed by atoms with Crippen molar-refractivity contribution in [1.82, 2.24) is 25.0 Å². The average molecular weight is 363 g/mol. The fourth-order valence-electron chi connectivity index (χ4n) is 4.45. The van der Waals surface area contributed by atoms with Gasteiger partial charge in [-0.25, -0.2) is 9.97 Å². The lowest BCUT2D eigenvalue weighted by atomic mass is 10.0. The minimum atomic E-state index is -0.152. The lowest BCUT2D eigenvalue weighted by Gasteiger charge is -2.26. The molecule has 138 valence electrons. The Bertz CT molecular complexity index is 1020. The Balaban J connectivity index is 1.68. The molecule has 0 saturated carbocycles. The Hall–Kier alpha value is -3.03. The number of aromatic nitrogens is 5. The standard InChI is InChI=1S/C19H21N7O/c1-11(27)21-18-8-15-12(9-20-18)7-17(26-13-3-4-14(26)6-5-13)19(22-15)16-10-25(2)24-23-16/h7-10,13-14H,3-6H2,1-2H3,(H,20,21,27). The van der Waals surface area contributed by atoms with Crippen molar-refractivity contribution < 1.29 is 4.79 Å². The number of nitrogens with one attached hydrogen (secondary N) is 1. The molecule has 2 fully saturated rings. The zero-order valence-corrected chi connectivity index (χ0v) is 15.4. The van der Waals surface area contributed by atoms with E-state index in [1.807, 2.05) is 13.2 Å². The SMILES string of the molecule is CC(=O)Nc1cc2nc(-c3cn(C)nn3)c(N3C4CCC3CC4)cc2cn1. The molecule has 0 spiro atoms. The van der Waals surface area contributed by atoms with Gasteiger partial charge in [-0.1, -0.05) is 5.21 Å². The maximum atomic E-state index is 11.3. The van der Waals surface area contributed by atoms with Gasteiger partial charge in [-0.15, -0.1) is 5.10 Å². The third-order valence-corrected chi connectivity index (χ3v) is 5.56. The van der Waals surface area contributed by atoms with Gasteiger partial charge in [-0.05, 0) is 31.7 Å². The molecule has 0 aliphatic carbocycles. The van der Waals surface area contributed by atoms with Crippen LogP contribution in [0.3, 0.4) is 0 Å². The highest BCUT2D eigenvalue weighted by molar-refractivity contribution is 5.93. The Labute approximate surface area is 156 Å². The zero-order chi connectivity index (χ0) is 18.5. The van der Waals surface area contributed by atoms with E-state index < -0.39 is 0 Å². The molecule has 5 heterocycles. The molecule has 0 aromatic carbocycles. The summed E-state index contributed by atoms with van der Waals surface area (Å²) in [6.07, 6.45) is 8.62. The number of fused-ring (bicyclic) bond motifs is 3. The van der Waals surface area contributed by atoms with Crippen LogP contribution < -0.4 is 10.2 Å². The Morgan fingerprint density at radius 1 is 1.19 bits per heavy atom. The first-order valence-electron chi connectivity index (χ1n) is 9.32. The van der Waals surface area contributed by atoms with Crippen molar-refractivity contribution in [2.75, 3.05) is 10.2 Å². The number of hydrogen-bond donors (Lipinski definition) is 1. The van der Waals surface area contributed by atoms with Gasteiger partial charge in [0.2, 0.25) is 5.91 Å². The molecular formula is C19H21N7O. The molecule has 0 atom stereocenters. The highest BCUT2D eigenvalue weighted by Crippen LogP contribution is 2.44. The second-order valence-electron chi connectivity index (χ2n) is 7.45. The average Bonchev–Trinajstić information content (AvgIpc) is 3.35. The highest BCUT2D eigenvalue weighted by atomic mass is 16.1. The van der Waals surface area contributed by atoms with Gasteiger partial charge in [0.1, 0.15) is 17.2 Å². The Kier molecular flexibility index (Phi) is 3.60. The molecule has 2 bridgehead atoms. The van der Waals surface area contributed by atoms with E-state index in [0.717, 1.165) is 28.0 Å². The number of aryl methyl sites for hydroxylation is 1. The quantitative estimate of drug-likeness (QED) is 0.769. The summed E-state index contributed by atoms with van der Waals surface area (Å²) in [7, 11) is 1.86. The molecule has 0 radical (unpaired) electrons. The van der Waals surface area contributed by atoms with Gasteiger partial charge in [0, 0.05) is 43.7 Å². The van der Waals surface area contributed by atoms with Gasteiger partial charge in [-0.2, -0.15) is 0 Å². The normalized spacial score (nSPS) is 21.2. The van der Waals surface area contributed by atoms with Crippen molar-refractivity contribution in [3.05, 3.63) is 24.5 Å². The first-order chi connectivity index (χ1) is 13.1. The van der Waals surface area contributed by atoms with E-state index in [-0.39, 0.29) is 5.91 Å². The lowest BCUT2D eigenvalue weighted by Crippen LogP contribution is -2.28. The molecule has 3 aromatic heterocycles. The fourth-order valence-corrected chi connectivity index (χ4v) is 4.45. The third kappa shape index (κ3) is 2.72. The molecular weight excluding hydrogens is 342 g/mol. The summed E-state index contributed by atoms with van der Waals surface area (Å²) >= 11 is 0. The molecule has 1 N–H and O–H groups in total. The van der Waals surface area contributed by atoms with Crippen molar-refractivity contribution in [3.63, 3.8) is 0 Å². The monoisotopic (exact) mass is 363 g/mol. The van der Waals surface area contributed by atoms with Crippen LogP contribution in [-0.4, -0.2) is 43.0 Å². The third-order valence-electron chi connectivity index (χ3n) is 5.56. The topological polar surface area (TPSA) is 88.8 Å². The van der Waals surface area contributed by atoms with E-state index in [4.69, 9.17) is 4.98 Å². The summed E-state index contributed by atoms with van der Waals surface area (Å²) in [4.78, 5) is 23.1. The predicted octanol–water partition coefficient (Wildman–Crippen LogP) is 2.51. The van der Waals surface area contributed by atoms with Gasteiger partial charge in [0.25, 0.3) is 0 Å². The Morgan fingerprint density at radius 3 is 2.56 bits per heavy atom. The number of nitrogens with zero attached hydrogens (tertiary/aromatic N) is 6. The first-order valence-corrected chi connectivity index (χ1v) is 9.32. The van der Waals surface area contributed by atoms with Crippen molar-refractivity contribution in [3.8, 4) is 11.4 Å². The summed E-state index contributed by atoms with van der Waals surface area (Å²) in [5, 5.41) is 12.1. The number of hydrogen-bond acceptors (Lipinski definition) is 6. The molecule has 3 aromatic rings. The minimum absolute atomic E-state index is 0.152. The van der Waals surface area contributed by atoms with Crippen LogP contribution in [0.1, 0.15) is 32.6 Å². The van der Waals surface area contributed by atoms with E-state index in [1.165, 1.54) is 32.6 Å². The van der Waals surface area contributed by atoms with Crippen LogP contribution in [-0.2, 0) is 11.8 Å². The van der Waals surface area contributed by atoms with Crippen LogP contribution in [0.4, 0.5) is 11.5 Å². The fraction of sp³-hybridized carbons (Fsp3) is 0.421. The zero-order valence-electron chi connectivity index (χ0n) is 15.4. The molecule has 2 aliphatic rings. The van der Waals surface area contributed by atoms with Gasteiger partial charge in [0.15, 0.2) is 0 Å². The summed E-state index contributed by atoms with van der Waals surface area (Å²) in [6.45, 7) is 1.47. The van der Waals surface area contributed by atoms with Crippen LogP contribution >= 0.6 is 0 Å². The number of rotatable bonds is 3. The van der Waals surface area contributed by atoms with E-state index in [2.05, 4.69) is 31.6 Å². The second kappa shape index (κ2) is 6.00. The molecule has 2 aliphatic heterocycles. The largest absolute Gasteiger partial charge is 0.364 e. The lowest BCUT2D eigenvalue weighted by molar-refractivity contribution is -0.114. The molecule has 1 amide bonds. The number of anilines is 2. The molecule has 8 nitrogen and oxygen atoms in total. The van der Waals surface area contributed by atoms with Gasteiger partial charge < -0.3 is 10.2 Å². The van der Waals surface area contributed by atoms with E-state index >= 15 is 0 Å². The van der Waals surface area contributed by atoms with Gasteiger partial charge in [-0.3, -0.25) is 9.48 Å². The van der Waals surface area contributed by atoms with Crippen LogP contribution in [0.2, 0.25) is 0 Å². The summed E-state index contributed by atoms with van der Waals surface area (Å²) in [5.74, 6) is 0.350. The van der Waals surface area contributed by atoms with Crippen molar-refractivity contribution in [2.24, 2.45) is 7.05 Å². The van der Waals surface area contributed by atoms with Crippen molar-refractivity contribution >= 4 is 28.3 Å². The van der Waals surface area contributed by atoms with Gasteiger partial charge >= 0.3 is 0 Å². The van der Waals surface area contributed by atoms with Crippen molar-refractivity contribution in [1.29, 1.82) is 0 Å². The number of carbonyl (C=O) groups is 1. The van der Waals surface area contributed by atoms with Crippen LogP contribution in [0.5, 0.6) is 0 Å². The van der Waals surface area contributed by atoms with Crippen LogP contribution in [0.25, 0.3) is 22.3 Å². The van der Waals surface area contributed by atoms with Crippen LogP contribution in [0, 0.1) is 0 Å². The number of pyridine rings is 2. The summed E-state index contributed by atoms with van der Waals surface area (Å²) in [6, 6.07) is 5.12. The second-order valence-corrected chi connectivity index (χ2v) is 7.45. The van der Waals surface area contributed by atoms with Crippen LogP contribution in [0.15, 0.2) is 24.5 Å².